The van der Waals surface area contributed by atoms with Crippen molar-refractivity contribution in [2.45, 2.75) is 45.2 Å². The fourth-order valence-corrected chi connectivity index (χ4v) is 9.96. The summed E-state index contributed by atoms with van der Waals surface area (Å²) in [7, 11) is 2.03. The molecule has 0 aliphatic heterocycles. The van der Waals surface area contributed by atoms with E-state index in [0.29, 0.717) is 0 Å². The molecule has 0 heterocycles. The summed E-state index contributed by atoms with van der Waals surface area (Å²) in [6, 6.07) is 0. The van der Waals surface area contributed by atoms with Crippen LogP contribution in [0.25, 0.3) is 0 Å². The molecule has 0 saturated heterocycles. The van der Waals surface area contributed by atoms with Gasteiger partial charge in [0.25, 0.3) is 0 Å². The van der Waals surface area contributed by atoms with Gasteiger partial charge in [-0.15, -0.1) is 0 Å². The van der Waals surface area contributed by atoms with Gasteiger partial charge >= 0.3 is 13.0 Å². The lowest BCUT2D eigenvalue weighted by Crippen LogP contribution is -2.15. The lowest BCUT2D eigenvalue weighted by atomic mass is 10.3. The highest BCUT2D eigenvalue weighted by atomic mass is 32.3. The summed E-state index contributed by atoms with van der Waals surface area (Å²) in [4.78, 5) is 0. The fourth-order valence-electron chi connectivity index (χ4n) is 1.48. The number of hydrogen-bond donors (Lipinski definition) is 0. The van der Waals surface area contributed by atoms with Gasteiger partial charge in [-0.25, -0.2) is 10.1 Å². The summed E-state index contributed by atoms with van der Waals surface area (Å²) in [6.07, 6.45) is 0. The molecule has 0 saturated carbocycles. The van der Waals surface area contributed by atoms with Crippen molar-refractivity contribution in [1.29, 1.82) is 0 Å². The zero-order valence-corrected chi connectivity index (χ0v) is 12.3. The maximum atomic E-state index is 5.18. The van der Waals surface area contributed by atoms with Crippen LogP contribution in [-0.4, -0.2) is 17.2 Å². The van der Waals surface area contributed by atoms with E-state index in [0.717, 1.165) is 16.0 Å². The van der Waals surface area contributed by atoms with Gasteiger partial charge in [0.15, 0.2) is 0 Å². The largest absolute Gasteiger partial charge is 0.358 e. The van der Waals surface area contributed by atoms with Gasteiger partial charge in [-0.1, -0.05) is 62.3 Å². The van der Waals surface area contributed by atoms with E-state index in [1.54, 1.807) is 0 Å². The SMILES string of the molecule is CC(=S)[S][Al]([CH2]C(C)C)[CH2]C(C)C. The molecule has 0 atom stereocenters. The first-order chi connectivity index (χ1) is 5.91. The van der Waals surface area contributed by atoms with Crippen LogP contribution in [0.5, 0.6) is 0 Å². The Balaban J connectivity index is 3.95. The highest BCUT2D eigenvalue weighted by Gasteiger charge is 2.21. The van der Waals surface area contributed by atoms with Crippen molar-refractivity contribution in [2.75, 3.05) is 0 Å². The molecule has 0 bridgehead atoms. The standard InChI is InChI=1S/2C4H9.C2H4S2.Al/c2*1-4(2)3;1-2(3)4;/h2*4H,1H2,2-3H3;1H3,(H,3,4);/q;;;+1/p-1. The zero-order chi connectivity index (χ0) is 10.4. The van der Waals surface area contributed by atoms with Crippen LogP contribution >= 0.6 is 22.3 Å². The van der Waals surface area contributed by atoms with Gasteiger partial charge in [-0.2, -0.15) is 0 Å². The smallest absolute Gasteiger partial charge is 0.217 e. The molecule has 3 heteroatoms. The molecular weight excluding hydrogens is 211 g/mol. The first-order valence-corrected chi connectivity index (χ1v) is 9.42. The summed E-state index contributed by atoms with van der Waals surface area (Å²) in [6.45, 7) is 11.3. The molecule has 0 aromatic rings. The van der Waals surface area contributed by atoms with Gasteiger partial charge in [-0.05, 0) is 6.92 Å². The van der Waals surface area contributed by atoms with Crippen LogP contribution < -0.4 is 0 Å². The summed E-state index contributed by atoms with van der Waals surface area (Å²) in [5.41, 5.74) is 0. The summed E-state index contributed by atoms with van der Waals surface area (Å²) in [5, 5.41) is 2.85. The number of hydrogen-bond acceptors (Lipinski definition) is 2. The van der Waals surface area contributed by atoms with Crippen LogP contribution in [0.4, 0.5) is 0 Å². The molecule has 0 aliphatic rings. The Morgan fingerprint density at radius 3 is 1.77 bits per heavy atom. The third kappa shape index (κ3) is 9.28. The maximum Gasteiger partial charge on any atom is 0.358 e. The minimum atomic E-state index is -0.632. The average Bonchev–Trinajstić information content (AvgIpc) is 1.80. The lowest BCUT2D eigenvalue weighted by molar-refractivity contribution is 0.698. The monoisotopic (exact) mass is 232 g/mol. The molecule has 0 spiro atoms. The van der Waals surface area contributed by atoms with Crippen molar-refractivity contribution in [3.8, 4) is 0 Å². The molecule has 0 unspecified atom stereocenters. The second kappa shape index (κ2) is 7.29. The molecule has 0 fully saturated rings. The van der Waals surface area contributed by atoms with Gasteiger partial charge in [0.2, 0.25) is 0 Å². The van der Waals surface area contributed by atoms with Crippen LogP contribution in [0.15, 0.2) is 0 Å². The van der Waals surface area contributed by atoms with E-state index in [2.05, 4.69) is 34.6 Å². The Hall–Kier alpha value is 0.972. The average molecular weight is 232 g/mol. The van der Waals surface area contributed by atoms with E-state index in [1.807, 2.05) is 10.1 Å². The molecule has 0 aromatic heterocycles. The molecule has 0 rings (SSSR count). The van der Waals surface area contributed by atoms with Crippen molar-refractivity contribution < 1.29 is 0 Å². The van der Waals surface area contributed by atoms with Gasteiger partial charge in [-0.3, -0.25) is 0 Å². The van der Waals surface area contributed by atoms with Crippen LogP contribution in [0.1, 0.15) is 34.6 Å². The van der Waals surface area contributed by atoms with E-state index < -0.39 is 13.0 Å². The number of rotatable bonds is 5. The molecule has 0 aromatic carbocycles. The maximum absolute atomic E-state index is 5.18. The van der Waals surface area contributed by atoms with Crippen LogP contribution in [-0.2, 0) is 0 Å². The third-order valence-corrected chi connectivity index (χ3v) is 9.42. The predicted octanol–water partition coefficient (Wildman–Crippen LogP) is 4.37. The first kappa shape index (κ1) is 14.0. The zero-order valence-electron chi connectivity index (χ0n) is 9.46. The van der Waals surface area contributed by atoms with Crippen LogP contribution in [0.3, 0.4) is 0 Å². The Morgan fingerprint density at radius 2 is 1.54 bits per heavy atom. The van der Waals surface area contributed by atoms with Crippen molar-refractivity contribution in [1.82, 2.24) is 0 Å². The van der Waals surface area contributed by atoms with E-state index in [4.69, 9.17) is 12.2 Å². The van der Waals surface area contributed by atoms with Gasteiger partial charge < -0.3 is 0 Å². The second-order valence-electron chi connectivity index (χ2n) is 4.49. The minimum Gasteiger partial charge on any atom is -0.217 e. The van der Waals surface area contributed by atoms with Gasteiger partial charge in [0.1, 0.15) is 0 Å². The molecule has 0 radical (unpaired) electrons. The van der Waals surface area contributed by atoms with E-state index in [9.17, 15) is 0 Å². The van der Waals surface area contributed by atoms with Gasteiger partial charge in [0.05, 0.1) is 0 Å². The predicted molar refractivity (Wildman–Crippen MR) is 70.9 cm³/mol. The molecule has 0 amide bonds. The Kier molecular flexibility index (Phi) is 7.83. The summed E-state index contributed by atoms with van der Waals surface area (Å²) < 4.78 is 1.15. The second-order valence-corrected chi connectivity index (χ2v) is 11.1. The van der Waals surface area contributed by atoms with E-state index in [-0.39, 0.29) is 0 Å². The Bertz CT molecular complexity index is 145. The normalized spacial score (nSPS) is 11.0. The molecule has 0 aliphatic carbocycles. The molecule has 0 N–H and O–H groups in total. The summed E-state index contributed by atoms with van der Waals surface area (Å²) in [5.74, 6) is 1.69. The lowest BCUT2D eigenvalue weighted by Gasteiger charge is -2.14. The van der Waals surface area contributed by atoms with Crippen LogP contribution in [0.2, 0.25) is 10.6 Å². The topological polar surface area (TPSA) is 0 Å². The van der Waals surface area contributed by atoms with Gasteiger partial charge in [0, 0.05) is 4.20 Å². The third-order valence-electron chi connectivity index (χ3n) is 1.80. The highest BCUT2D eigenvalue weighted by molar-refractivity contribution is 8.41. The summed E-state index contributed by atoms with van der Waals surface area (Å²) >= 11 is 4.54. The highest BCUT2D eigenvalue weighted by Crippen LogP contribution is 2.24. The van der Waals surface area contributed by atoms with E-state index in [1.165, 1.54) is 10.6 Å². The van der Waals surface area contributed by atoms with Crippen molar-refractivity contribution in [3.63, 3.8) is 0 Å². The number of thiocarbonyl (C=S) groups is 1. The van der Waals surface area contributed by atoms with Crippen LogP contribution in [0, 0.1) is 11.8 Å². The first-order valence-electron chi connectivity index (χ1n) is 5.09. The van der Waals surface area contributed by atoms with E-state index >= 15 is 0 Å². The molecule has 13 heavy (non-hydrogen) atoms. The molecular formula is C10H21AlS2. The Morgan fingerprint density at radius 1 is 1.15 bits per heavy atom. The minimum absolute atomic E-state index is 0.632. The van der Waals surface area contributed by atoms with Crippen molar-refractivity contribution in [3.05, 3.63) is 0 Å². The van der Waals surface area contributed by atoms with Crippen molar-refractivity contribution >= 4 is 39.6 Å². The van der Waals surface area contributed by atoms with Crippen molar-refractivity contribution in [2.24, 2.45) is 11.8 Å². The molecule has 76 valence electrons. The fraction of sp³-hybridized carbons (Fsp3) is 0.900. The quantitative estimate of drug-likeness (QED) is 0.510. The Labute approximate surface area is 96.3 Å². The molecule has 0 nitrogen and oxygen atoms in total.